The van der Waals surface area contributed by atoms with Crippen LogP contribution in [0, 0.1) is 0 Å². The fraction of sp³-hybridized carbons (Fsp3) is 0.818. The third kappa shape index (κ3) is 4.72. The molecule has 104 valence electrons. The summed E-state index contributed by atoms with van der Waals surface area (Å²) in [7, 11) is 3.91. The van der Waals surface area contributed by atoms with Crippen LogP contribution in [0.4, 0.5) is 5.13 Å². The molecule has 1 unspecified atom stereocenters. The molecule has 0 aliphatic carbocycles. The first-order valence-corrected chi connectivity index (χ1v) is 7.87. The van der Waals surface area contributed by atoms with Crippen molar-refractivity contribution in [2.24, 2.45) is 5.73 Å². The van der Waals surface area contributed by atoms with Crippen molar-refractivity contribution >= 4 is 28.2 Å². The SMILES string of the molecule is CCC(O)(CN)CCCSc1nnc(N(C)C)s1. The maximum absolute atomic E-state index is 10.0. The standard InChI is InChI=1S/C11H22N4OS2/c1-4-11(16,8-12)6-5-7-17-10-14-13-9(18-10)15(2)3/h16H,4-8,12H2,1-3H3. The molecule has 0 bridgehead atoms. The van der Waals surface area contributed by atoms with Crippen LogP contribution >= 0.6 is 23.1 Å². The van der Waals surface area contributed by atoms with Gasteiger partial charge in [-0.2, -0.15) is 0 Å². The highest BCUT2D eigenvalue weighted by Gasteiger charge is 2.21. The Kier molecular flexibility index (Phi) is 6.34. The molecular formula is C11H22N4OS2. The molecule has 0 aliphatic heterocycles. The van der Waals surface area contributed by atoms with Gasteiger partial charge in [0.1, 0.15) is 0 Å². The fourth-order valence-electron chi connectivity index (χ4n) is 1.43. The van der Waals surface area contributed by atoms with E-state index in [1.54, 1.807) is 23.1 Å². The van der Waals surface area contributed by atoms with Crippen LogP contribution < -0.4 is 10.6 Å². The van der Waals surface area contributed by atoms with E-state index in [1.807, 2.05) is 25.9 Å². The topological polar surface area (TPSA) is 75.3 Å². The molecule has 5 nitrogen and oxygen atoms in total. The van der Waals surface area contributed by atoms with Crippen molar-refractivity contribution < 1.29 is 5.11 Å². The van der Waals surface area contributed by atoms with Crippen LogP contribution in [0.5, 0.6) is 0 Å². The van der Waals surface area contributed by atoms with E-state index in [9.17, 15) is 5.11 Å². The van der Waals surface area contributed by atoms with E-state index in [0.717, 1.165) is 28.1 Å². The van der Waals surface area contributed by atoms with Gasteiger partial charge in [0.25, 0.3) is 0 Å². The average molecular weight is 290 g/mol. The lowest BCUT2D eigenvalue weighted by Gasteiger charge is -2.24. The number of aliphatic hydroxyl groups is 1. The summed E-state index contributed by atoms with van der Waals surface area (Å²) in [6, 6.07) is 0. The van der Waals surface area contributed by atoms with Crippen molar-refractivity contribution in [2.75, 3.05) is 31.3 Å². The maximum atomic E-state index is 10.0. The van der Waals surface area contributed by atoms with Crippen molar-refractivity contribution in [1.82, 2.24) is 10.2 Å². The van der Waals surface area contributed by atoms with Crippen LogP contribution in [0.15, 0.2) is 4.34 Å². The minimum Gasteiger partial charge on any atom is -0.389 e. The van der Waals surface area contributed by atoms with Crippen LogP contribution in [0.2, 0.25) is 0 Å². The highest BCUT2D eigenvalue weighted by Crippen LogP contribution is 2.28. The van der Waals surface area contributed by atoms with Gasteiger partial charge >= 0.3 is 0 Å². The van der Waals surface area contributed by atoms with Gasteiger partial charge in [0.15, 0.2) is 4.34 Å². The second kappa shape index (κ2) is 7.28. The average Bonchev–Trinajstić information content (AvgIpc) is 2.83. The van der Waals surface area contributed by atoms with E-state index in [4.69, 9.17) is 5.73 Å². The Morgan fingerprint density at radius 2 is 2.17 bits per heavy atom. The smallest absolute Gasteiger partial charge is 0.208 e. The zero-order valence-electron chi connectivity index (χ0n) is 11.2. The van der Waals surface area contributed by atoms with Gasteiger partial charge in [-0.1, -0.05) is 30.0 Å². The first-order chi connectivity index (χ1) is 8.50. The summed E-state index contributed by atoms with van der Waals surface area (Å²) in [6.07, 6.45) is 2.38. The molecule has 1 atom stereocenters. The van der Waals surface area contributed by atoms with E-state index in [2.05, 4.69) is 10.2 Å². The number of nitrogens with zero attached hydrogens (tertiary/aromatic N) is 3. The van der Waals surface area contributed by atoms with Crippen molar-refractivity contribution in [3.8, 4) is 0 Å². The van der Waals surface area contributed by atoms with Crippen molar-refractivity contribution in [1.29, 1.82) is 0 Å². The van der Waals surface area contributed by atoms with Crippen molar-refractivity contribution in [3.63, 3.8) is 0 Å². The Bertz CT molecular complexity index is 353. The molecule has 1 rings (SSSR count). The monoisotopic (exact) mass is 290 g/mol. The molecule has 0 aromatic carbocycles. The number of thioether (sulfide) groups is 1. The molecule has 7 heteroatoms. The molecule has 1 aromatic heterocycles. The molecular weight excluding hydrogens is 268 g/mol. The lowest BCUT2D eigenvalue weighted by Crippen LogP contribution is -2.36. The largest absolute Gasteiger partial charge is 0.389 e. The number of hydrogen-bond acceptors (Lipinski definition) is 7. The summed E-state index contributed by atoms with van der Waals surface area (Å²) in [4.78, 5) is 1.95. The Morgan fingerprint density at radius 3 is 2.67 bits per heavy atom. The predicted molar refractivity (Wildman–Crippen MR) is 78.5 cm³/mol. The third-order valence-electron chi connectivity index (χ3n) is 2.83. The van der Waals surface area contributed by atoms with Gasteiger partial charge in [0.2, 0.25) is 5.13 Å². The first kappa shape index (κ1) is 15.7. The Labute approximate surface area is 117 Å². The van der Waals surface area contributed by atoms with Crippen LogP contribution in [0.3, 0.4) is 0 Å². The molecule has 0 saturated heterocycles. The van der Waals surface area contributed by atoms with Gasteiger partial charge in [-0.3, -0.25) is 0 Å². The summed E-state index contributed by atoms with van der Waals surface area (Å²) >= 11 is 3.28. The highest BCUT2D eigenvalue weighted by molar-refractivity contribution is 8.01. The zero-order chi connectivity index (χ0) is 13.6. The van der Waals surface area contributed by atoms with E-state index in [-0.39, 0.29) is 0 Å². The quantitative estimate of drug-likeness (QED) is 0.559. The molecule has 18 heavy (non-hydrogen) atoms. The summed E-state index contributed by atoms with van der Waals surface area (Å²) in [5, 5.41) is 19.2. The molecule has 1 heterocycles. The Morgan fingerprint density at radius 1 is 1.44 bits per heavy atom. The van der Waals surface area contributed by atoms with Gasteiger partial charge < -0.3 is 15.7 Å². The highest BCUT2D eigenvalue weighted by atomic mass is 32.2. The summed E-state index contributed by atoms with van der Waals surface area (Å²) in [5.74, 6) is 0.935. The minimum absolute atomic E-state index is 0.331. The van der Waals surface area contributed by atoms with Crippen LogP contribution in [0.25, 0.3) is 0 Å². The van der Waals surface area contributed by atoms with E-state index < -0.39 is 5.60 Å². The minimum atomic E-state index is -0.698. The normalized spacial score (nSPS) is 14.5. The van der Waals surface area contributed by atoms with Gasteiger partial charge in [-0.05, 0) is 19.3 Å². The molecule has 1 aromatic rings. The second-order valence-electron chi connectivity index (χ2n) is 4.48. The molecule has 0 saturated carbocycles. The lowest BCUT2D eigenvalue weighted by atomic mass is 9.95. The van der Waals surface area contributed by atoms with Crippen LogP contribution in [0.1, 0.15) is 26.2 Å². The molecule has 0 spiro atoms. The number of aromatic nitrogens is 2. The predicted octanol–water partition coefficient (Wildman–Crippen LogP) is 1.58. The van der Waals surface area contributed by atoms with Gasteiger partial charge in [0, 0.05) is 26.4 Å². The zero-order valence-corrected chi connectivity index (χ0v) is 12.9. The molecule has 0 amide bonds. The lowest BCUT2D eigenvalue weighted by molar-refractivity contribution is 0.0360. The molecule has 3 N–H and O–H groups in total. The first-order valence-electron chi connectivity index (χ1n) is 6.07. The fourth-order valence-corrected chi connectivity index (χ4v) is 3.20. The van der Waals surface area contributed by atoms with Crippen molar-refractivity contribution in [2.45, 2.75) is 36.1 Å². The van der Waals surface area contributed by atoms with Crippen LogP contribution in [-0.4, -0.2) is 47.3 Å². The Balaban J connectivity index is 2.29. The number of rotatable bonds is 8. The Hall–Kier alpha value is -0.370. The van der Waals surface area contributed by atoms with Crippen LogP contribution in [-0.2, 0) is 0 Å². The summed E-state index contributed by atoms with van der Waals surface area (Å²) in [6.45, 7) is 2.30. The number of anilines is 1. The summed E-state index contributed by atoms with van der Waals surface area (Å²) in [5.41, 5.74) is 4.87. The van der Waals surface area contributed by atoms with Gasteiger partial charge in [-0.25, -0.2) is 0 Å². The van der Waals surface area contributed by atoms with E-state index >= 15 is 0 Å². The maximum Gasteiger partial charge on any atom is 0.208 e. The summed E-state index contributed by atoms with van der Waals surface area (Å²) < 4.78 is 0.978. The van der Waals surface area contributed by atoms with Crippen molar-refractivity contribution in [3.05, 3.63) is 0 Å². The van der Waals surface area contributed by atoms with Gasteiger partial charge in [-0.15, -0.1) is 10.2 Å². The van der Waals surface area contributed by atoms with Gasteiger partial charge in [0.05, 0.1) is 5.60 Å². The molecule has 0 radical (unpaired) electrons. The van der Waals surface area contributed by atoms with E-state index in [0.29, 0.717) is 13.0 Å². The second-order valence-corrected chi connectivity index (χ2v) is 6.78. The number of nitrogens with two attached hydrogens (primary N) is 1. The molecule has 0 aliphatic rings. The third-order valence-corrected chi connectivity index (χ3v) is 5.14. The molecule has 0 fully saturated rings. The van der Waals surface area contributed by atoms with E-state index in [1.165, 1.54) is 0 Å². The number of hydrogen-bond donors (Lipinski definition) is 2.